The van der Waals surface area contributed by atoms with E-state index < -0.39 is 0 Å². The topological polar surface area (TPSA) is 30.5 Å². The third-order valence-corrected chi connectivity index (χ3v) is 3.31. The lowest BCUT2D eigenvalue weighted by molar-refractivity contribution is 0.260. The normalized spacial score (nSPS) is 11.5. The third-order valence-electron chi connectivity index (χ3n) is 2.72. The number of nitrogens with one attached hydrogen (secondary N) is 1. The Balaban J connectivity index is 2.89. The van der Waals surface area contributed by atoms with Gasteiger partial charge in [-0.3, -0.25) is 4.39 Å². The summed E-state index contributed by atoms with van der Waals surface area (Å²) < 4.78 is 24.3. The predicted molar refractivity (Wildman–Crippen MR) is 88.0 cm³/mol. The van der Waals surface area contributed by atoms with Crippen LogP contribution in [0.4, 0.5) is 4.39 Å². The molecule has 1 aromatic carbocycles. The maximum atomic E-state index is 12.2. The highest BCUT2D eigenvalue weighted by Gasteiger charge is 2.14. The largest absolute Gasteiger partial charge is 0.490 e. The quantitative estimate of drug-likeness (QED) is 0.692. The van der Waals surface area contributed by atoms with Crippen molar-refractivity contribution in [2.24, 2.45) is 0 Å². The summed E-state index contributed by atoms with van der Waals surface area (Å²) in [5.74, 6) is 1.33. The molecule has 0 unspecified atom stereocenters. The van der Waals surface area contributed by atoms with Gasteiger partial charge >= 0.3 is 0 Å². The minimum Gasteiger partial charge on any atom is -0.490 e. The number of hydrogen-bond donors (Lipinski definition) is 1. The van der Waals surface area contributed by atoms with Gasteiger partial charge in [-0.25, -0.2) is 0 Å². The lowest BCUT2D eigenvalue weighted by atomic mass is 10.1. The van der Waals surface area contributed by atoms with Crippen LogP contribution in [0.5, 0.6) is 11.5 Å². The minimum atomic E-state index is -0.380. The Morgan fingerprint density at radius 1 is 1.24 bits per heavy atom. The van der Waals surface area contributed by atoms with Crippen molar-refractivity contribution >= 4 is 15.9 Å². The maximum absolute atomic E-state index is 12.2. The molecule has 0 aliphatic rings. The summed E-state index contributed by atoms with van der Waals surface area (Å²) >= 11 is 3.51. The summed E-state index contributed by atoms with van der Waals surface area (Å²) in [5, 5.41) is 3.44. The SMILES string of the molecule is CCOc1cc(CNC(C)(C)C)cc(Br)c1OCCCF. The van der Waals surface area contributed by atoms with E-state index in [0.29, 0.717) is 31.1 Å². The highest BCUT2D eigenvalue weighted by Crippen LogP contribution is 2.37. The van der Waals surface area contributed by atoms with Gasteiger partial charge in [0.2, 0.25) is 0 Å². The molecular weight excluding hydrogens is 337 g/mol. The van der Waals surface area contributed by atoms with Crippen LogP contribution in [0.1, 0.15) is 39.7 Å². The summed E-state index contributed by atoms with van der Waals surface area (Å²) in [5.41, 5.74) is 1.16. The standard InChI is InChI=1S/C16H25BrFNO2/c1-5-20-14-10-12(11-19-16(2,3)4)9-13(17)15(14)21-8-6-7-18/h9-10,19H,5-8,11H2,1-4H3. The monoisotopic (exact) mass is 361 g/mol. The van der Waals surface area contributed by atoms with Crippen molar-refractivity contribution in [2.45, 2.75) is 46.2 Å². The molecule has 120 valence electrons. The minimum absolute atomic E-state index is 0.0501. The molecule has 5 heteroatoms. The Morgan fingerprint density at radius 3 is 2.52 bits per heavy atom. The molecule has 21 heavy (non-hydrogen) atoms. The van der Waals surface area contributed by atoms with Crippen LogP contribution in [0.25, 0.3) is 0 Å². The van der Waals surface area contributed by atoms with Gasteiger partial charge in [-0.1, -0.05) is 0 Å². The fourth-order valence-electron chi connectivity index (χ4n) is 1.72. The molecule has 1 rings (SSSR count). The van der Waals surface area contributed by atoms with Gasteiger partial charge in [-0.15, -0.1) is 0 Å². The lowest BCUT2D eigenvalue weighted by Gasteiger charge is -2.21. The summed E-state index contributed by atoms with van der Waals surface area (Å²) in [6.07, 6.45) is 0.380. The highest BCUT2D eigenvalue weighted by molar-refractivity contribution is 9.10. The van der Waals surface area contributed by atoms with E-state index in [0.717, 1.165) is 16.6 Å². The number of hydrogen-bond acceptors (Lipinski definition) is 3. The van der Waals surface area contributed by atoms with E-state index in [1.807, 2.05) is 19.1 Å². The van der Waals surface area contributed by atoms with Crippen LogP contribution in [0.15, 0.2) is 16.6 Å². The first-order valence-corrected chi connectivity index (χ1v) is 8.05. The van der Waals surface area contributed by atoms with Crippen molar-refractivity contribution in [1.29, 1.82) is 0 Å². The van der Waals surface area contributed by atoms with Gasteiger partial charge in [-0.05, 0) is 61.3 Å². The molecular formula is C16H25BrFNO2. The van der Waals surface area contributed by atoms with Crippen LogP contribution in [-0.4, -0.2) is 25.4 Å². The van der Waals surface area contributed by atoms with Gasteiger partial charge in [0.15, 0.2) is 11.5 Å². The maximum Gasteiger partial charge on any atom is 0.175 e. The average molecular weight is 362 g/mol. The summed E-state index contributed by atoms with van der Waals surface area (Å²) in [7, 11) is 0. The average Bonchev–Trinajstić information content (AvgIpc) is 2.39. The molecule has 0 aliphatic heterocycles. The van der Waals surface area contributed by atoms with Crippen molar-refractivity contribution in [3.8, 4) is 11.5 Å². The molecule has 0 amide bonds. The molecule has 3 nitrogen and oxygen atoms in total. The second-order valence-electron chi connectivity index (χ2n) is 5.83. The first-order valence-electron chi connectivity index (χ1n) is 7.26. The van der Waals surface area contributed by atoms with E-state index in [-0.39, 0.29) is 12.2 Å². The van der Waals surface area contributed by atoms with E-state index in [2.05, 4.69) is 42.0 Å². The number of halogens is 2. The Bertz CT molecular complexity index is 447. The first-order chi connectivity index (χ1) is 9.87. The fraction of sp³-hybridized carbons (Fsp3) is 0.625. The molecule has 1 N–H and O–H groups in total. The van der Waals surface area contributed by atoms with E-state index >= 15 is 0 Å². The Kier molecular flexibility index (Phi) is 7.46. The van der Waals surface area contributed by atoms with Crippen molar-refractivity contribution in [3.63, 3.8) is 0 Å². The smallest absolute Gasteiger partial charge is 0.175 e. The number of rotatable bonds is 8. The number of ether oxygens (including phenoxy) is 2. The van der Waals surface area contributed by atoms with Gasteiger partial charge in [0, 0.05) is 18.5 Å². The predicted octanol–water partition coefficient (Wildman–Crippen LogP) is 4.47. The fourth-order valence-corrected chi connectivity index (χ4v) is 2.33. The number of benzene rings is 1. The van der Waals surface area contributed by atoms with E-state index in [4.69, 9.17) is 9.47 Å². The van der Waals surface area contributed by atoms with Crippen LogP contribution >= 0.6 is 15.9 Å². The summed E-state index contributed by atoms with van der Waals surface area (Å²) in [6, 6.07) is 3.98. The van der Waals surface area contributed by atoms with Crippen LogP contribution in [-0.2, 0) is 6.54 Å². The van der Waals surface area contributed by atoms with Crippen molar-refractivity contribution in [3.05, 3.63) is 22.2 Å². The molecule has 0 saturated carbocycles. The molecule has 0 fully saturated rings. The zero-order valence-electron chi connectivity index (χ0n) is 13.3. The molecule has 0 saturated heterocycles. The zero-order chi connectivity index (χ0) is 15.9. The lowest BCUT2D eigenvalue weighted by Crippen LogP contribution is -2.35. The van der Waals surface area contributed by atoms with E-state index in [9.17, 15) is 4.39 Å². The Morgan fingerprint density at radius 2 is 1.95 bits per heavy atom. The summed E-state index contributed by atoms with van der Waals surface area (Å²) in [6.45, 7) is 9.57. The van der Waals surface area contributed by atoms with E-state index in [1.165, 1.54) is 0 Å². The van der Waals surface area contributed by atoms with Crippen LogP contribution < -0.4 is 14.8 Å². The molecule has 0 atom stereocenters. The second-order valence-corrected chi connectivity index (χ2v) is 6.69. The molecule has 0 aliphatic carbocycles. The molecule has 0 spiro atoms. The summed E-state index contributed by atoms with van der Waals surface area (Å²) in [4.78, 5) is 0. The Labute approximate surface area is 135 Å². The van der Waals surface area contributed by atoms with E-state index in [1.54, 1.807) is 0 Å². The van der Waals surface area contributed by atoms with Gasteiger partial charge in [0.05, 0.1) is 24.4 Å². The molecule has 0 heterocycles. The van der Waals surface area contributed by atoms with Gasteiger partial charge in [0.25, 0.3) is 0 Å². The third kappa shape index (κ3) is 6.66. The zero-order valence-corrected chi connectivity index (χ0v) is 14.8. The van der Waals surface area contributed by atoms with Crippen LogP contribution in [0.2, 0.25) is 0 Å². The highest BCUT2D eigenvalue weighted by atomic mass is 79.9. The van der Waals surface area contributed by atoms with Gasteiger partial charge in [0.1, 0.15) is 0 Å². The first kappa shape index (κ1) is 18.2. The number of alkyl halides is 1. The van der Waals surface area contributed by atoms with Gasteiger partial charge < -0.3 is 14.8 Å². The Hall–Kier alpha value is -0.810. The van der Waals surface area contributed by atoms with Crippen LogP contribution in [0.3, 0.4) is 0 Å². The molecule has 0 radical (unpaired) electrons. The second kappa shape index (κ2) is 8.59. The van der Waals surface area contributed by atoms with Crippen LogP contribution in [0, 0.1) is 0 Å². The molecule has 0 bridgehead atoms. The van der Waals surface area contributed by atoms with Crippen molar-refractivity contribution in [1.82, 2.24) is 5.32 Å². The molecule has 0 aromatic heterocycles. The van der Waals surface area contributed by atoms with Gasteiger partial charge in [-0.2, -0.15) is 0 Å². The molecule has 1 aromatic rings. The van der Waals surface area contributed by atoms with Crippen molar-refractivity contribution < 1.29 is 13.9 Å². The van der Waals surface area contributed by atoms with Crippen molar-refractivity contribution in [2.75, 3.05) is 19.9 Å².